The van der Waals surface area contributed by atoms with Crippen LogP contribution in [0.4, 0.5) is 4.39 Å². The SMILES string of the molecule is COc1cccc(C[NH+](Cc2cccn2Cc2ccc(F)cc2)CC2CCCCC2)c1. The van der Waals surface area contributed by atoms with Crippen molar-refractivity contribution in [1.82, 2.24) is 4.57 Å². The molecule has 1 saturated carbocycles. The first-order valence-electron chi connectivity index (χ1n) is 11.5. The molecule has 0 bridgehead atoms. The average molecular weight is 422 g/mol. The topological polar surface area (TPSA) is 18.6 Å². The molecule has 4 heteroatoms. The third-order valence-electron chi connectivity index (χ3n) is 6.51. The molecule has 0 saturated heterocycles. The number of rotatable bonds is 9. The molecule has 3 nitrogen and oxygen atoms in total. The number of quaternary nitrogens is 1. The lowest BCUT2D eigenvalue weighted by molar-refractivity contribution is -0.931. The minimum Gasteiger partial charge on any atom is -0.497 e. The molecule has 31 heavy (non-hydrogen) atoms. The number of aromatic nitrogens is 1. The Morgan fingerprint density at radius 2 is 1.74 bits per heavy atom. The Hall–Kier alpha value is -2.59. The van der Waals surface area contributed by atoms with Crippen molar-refractivity contribution < 1.29 is 14.0 Å². The molecule has 1 unspecified atom stereocenters. The van der Waals surface area contributed by atoms with Gasteiger partial charge in [-0.15, -0.1) is 0 Å². The van der Waals surface area contributed by atoms with Crippen LogP contribution in [0.3, 0.4) is 0 Å². The Bertz CT molecular complexity index is 944. The Kier molecular flexibility index (Phi) is 7.42. The van der Waals surface area contributed by atoms with Crippen LogP contribution in [0.15, 0.2) is 66.9 Å². The van der Waals surface area contributed by atoms with Crippen LogP contribution in [-0.2, 0) is 19.6 Å². The molecule has 1 N–H and O–H groups in total. The first-order valence-corrected chi connectivity index (χ1v) is 11.5. The van der Waals surface area contributed by atoms with E-state index < -0.39 is 0 Å². The maximum absolute atomic E-state index is 13.3. The second-order valence-electron chi connectivity index (χ2n) is 8.92. The number of hydrogen-bond acceptors (Lipinski definition) is 1. The third-order valence-corrected chi connectivity index (χ3v) is 6.51. The maximum atomic E-state index is 13.3. The lowest BCUT2D eigenvalue weighted by Crippen LogP contribution is -3.10. The number of methoxy groups -OCH3 is 1. The van der Waals surface area contributed by atoms with Crippen LogP contribution < -0.4 is 9.64 Å². The van der Waals surface area contributed by atoms with Crippen molar-refractivity contribution in [3.05, 3.63) is 89.5 Å². The largest absolute Gasteiger partial charge is 0.497 e. The van der Waals surface area contributed by atoms with E-state index in [1.165, 1.54) is 49.9 Å². The molecule has 0 spiro atoms. The lowest BCUT2D eigenvalue weighted by atomic mass is 9.89. The summed E-state index contributed by atoms with van der Waals surface area (Å²) in [5, 5.41) is 0. The minimum atomic E-state index is -0.183. The third kappa shape index (κ3) is 6.20. The van der Waals surface area contributed by atoms with E-state index in [0.29, 0.717) is 0 Å². The van der Waals surface area contributed by atoms with Gasteiger partial charge >= 0.3 is 0 Å². The fourth-order valence-corrected chi connectivity index (χ4v) is 4.88. The molecule has 1 heterocycles. The predicted molar refractivity (Wildman–Crippen MR) is 123 cm³/mol. The Morgan fingerprint density at radius 1 is 0.935 bits per heavy atom. The zero-order chi connectivity index (χ0) is 21.5. The number of nitrogens with one attached hydrogen (secondary N) is 1. The Balaban J connectivity index is 1.49. The van der Waals surface area contributed by atoms with Crippen molar-refractivity contribution in [2.24, 2.45) is 5.92 Å². The van der Waals surface area contributed by atoms with Crippen LogP contribution in [0.5, 0.6) is 5.75 Å². The van der Waals surface area contributed by atoms with Gasteiger partial charge in [-0.25, -0.2) is 4.39 Å². The minimum absolute atomic E-state index is 0.183. The molecule has 1 fully saturated rings. The van der Waals surface area contributed by atoms with Gasteiger partial charge in [-0.1, -0.05) is 43.5 Å². The van der Waals surface area contributed by atoms with Crippen LogP contribution in [0.25, 0.3) is 0 Å². The van der Waals surface area contributed by atoms with Crippen LogP contribution in [0.1, 0.15) is 48.9 Å². The number of benzene rings is 2. The van der Waals surface area contributed by atoms with Crippen molar-refractivity contribution in [3.63, 3.8) is 0 Å². The quantitative estimate of drug-likeness (QED) is 0.523. The van der Waals surface area contributed by atoms with Gasteiger partial charge in [0.15, 0.2) is 0 Å². The summed E-state index contributed by atoms with van der Waals surface area (Å²) in [4.78, 5) is 1.60. The lowest BCUT2D eigenvalue weighted by Gasteiger charge is -2.28. The highest BCUT2D eigenvalue weighted by molar-refractivity contribution is 5.27. The summed E-state index contributed by atoms with van der Waals surface area (Å²) in [7, 11) is 1.73. The normalized spacial score (nSPS) is 15.7. The van der Waals surface area contributed by atoms with Crippen molar-refractivity contribution in [1.29, 1.82) is 0 Å². The molecule has 1 atom stereocenters. The molecule has 4 rings (SSSR count). The van der Waals surface area contributed by atoms with E-state index in [1.807, 2.05) is 18.2 Å². The first-order chi connectivity index (χ1) is 15.2. The monoisotopic (exact) mass is 421 g/mol. The zero-order valence-corrected chi connectivity index (χ0v) is 18.5. The van der Waals surface area contributed by atoms with E-state index >= 15 is 0 Å². The molecule has 3 aromatic rings. The van der Waals surface area contributed by atoms with Gasteiger partial charge in [0, 0.05) is 24.2 Å². The van der Waals surface area contributed by atoms with Crippen molar-refractivity contribution >= 4 is 0 Å². The molecule has 2 aromatic carbocycles. The molecular weight excluding hydrogens is 387 g/mol. The van der Waals surface area contributed by atoms with Gasteiger partial charge in [-0.3, -0.25) is 0 Å². The van der Waals surface area contributed by atoms with E-state index in [1.54, 1.807) is 24.1 Å². The summed E-state index contributed by atoms with van der Waals surface area (Å²) in [6, 6.07) is 19.7. The highest BCUT2D eigenvalue weighted by Gasteiger charge is 2.21. The van der Waals surface area contributed by atoms with Crippen molar-refractivity contribution in [3.8, 4) is 5.75 Å². The second-order valence-corrected chi connectivity index (χ2v) is 8.92. The summed E-state index contributed by atoms with van der Waals surface area (Å²) in [6.07, 6.45) is 9.00. The number of nitrogens with zero attached hydrogens (tertiary/aromatic N) is 1. The number of halogens is 1. The van der Waals surface area contributed by atoms with Gasteiger partial charge in [-0.05, 0) is 54.8 Å². The van der Waals surface area contributed by atoms with Gasteiger partial charge in [-0.2, -0.15) is 0 Å². The van der Waals surface area contributed by atoms with Crippen molar-refractivity contribution in [2.45, 2.75) is 51.7 Å². The summed E-state index contributed by atoms with van der Waals surface area (Å²) in [6.45, 7) is 3.97. The first kappa shape index (κ1) is 21.6. The van der Waals surface area contributed by atoms with Crippen LogP contribution >= 0.6 is 0 Å². The maximum Gasteiger partial charge on any atom is 0.123 e. The second kappa shape index (κ2) is 10.6. The summed E-state index contributed by atoms with van der Waals surface area (Å²) in [5.74, 6) is 1.56. The smallest absolute Gasteiger partial charge is 0.123 e. The van der Waals surface area contributed by atoms with Gasteiger partial charge in [0.05, 0.1) is 19.3 Å². The van der Waals surface area contributed by atoms with Gasteiger partial charge < -0.3 is 14.2 Å². The summed E-state index contributed by atoms with van der Waals surface area (Å²) in [5.41, 5.74) is 3.78. The molecule has 164 valence electrons. The van der Waals surface area contributed by atoms with Crippen molar-refractivity contribution in [2.75, 3.05) is 13.7 Å². The molecule has 0 amide bonds. The molecule has 1 aliphatic rings. The molecule has 0 radical (unpaired) electrons. The van der Waals surface area contributed by atoms with E-state index in [-0.39, 0.29) is 5.82 Å². The number of hydrogen-bond donors (Lipinski definition) is 1. The fraction of sp³-hybridized carbons (Fsp3) is 0.407. The van der Waals surface area contributed by atoms with E-state index in [4.69, 9.17) is 4.74 Å². The van der Waals surface area contributed by atoms with Gasteiger partial charge in [0.1, 0.15) is 24.7 Å². The summed E-state index contributed by atoms with van der Waals surface area (Å²) >= 11 is 0. The van der Waals surface area contributed by atoms with Crippen LogP contribution in [0.2, 0.25) is 0 Å². The molecule has 0 aliphatic heterocycles. The summed E-state index contributed by atoms with van der Waals surface area (Å²) < 4.78 is 21.0. The Morgan fingerprint density at radius 3 is 2.52 bits per heavy atom. The molecule has 1 aliphatic carbocycles. The van der Waals surface area contributed by atoms with Crippen LogP contribution in [-0.4, -0.2) is 18.2 Å². The van der Waals surface area contributed by atoms with Crippen LogP contribution in [0, 0.1) is 11.7 Å². The fourth-order valence-electron chi connectivity index (χ4n) is 4.88. The van der Waals surface area contributed by atoms with E-state index in [2.05, 4.69) is 41.1 Å². The highest BCUT2D eigenvalue weighted by Crippen LogP contribution is 2.22. The zero-order valence-electron chi connectivity index (χ0n) is 18.5. The molecule has 1 aromatic heterocycles. The predicted octanol–water partition coefficient (Wildman–Crippen LogP) is 4.85. The number of ether oxygens (including phenoxy) is 1. The van der Waals surface area contributed by atoms with Gasteiger partial charge in [0.25, 0.3) is 0 Å². The molecular formula is C27H34FN2O+. The standard InChI is InChI=1S/C27H33FN2O/c1-31-27-11-5-9-24(17-27)19-29(18-22-7-3-2-4-8-22)21-26-10-6-16-30(26)20-23-12-14-25(28)15-13-23/h5-6,9-17,22H,2-4,7-8,18-21H2,1H3/p+1. The average Bonchev–Trinajstić information content (AvgIpc) is 3.22. The highest BCUT2D eigenvalue weighted by atomic mass is 19.1. The van der Waals surface area contributed by atoms with E-state index in [9.17, 15) is 4.39 Å². The van der Waals surface area contributed by atoms with E-state index in [0.717, 1.165) is 36.9 Å². The Labute approximate surface area is 185 Å². The van der Waals surface area contributed by atoms with Gasteiger partial charge in [0.2, 0.25) is 0 Å².